The molecule has 1 heterocycles. The van der Waals surface area contributed by atoms with Crippen molar-refractivity contribution in [3.8, 4) is 11.7 Å². The molecule has 2 unspecified atom stereocenters. The summed E-state index contributed by atoms with van der Waals surface area (Å²) in [5.74, 6) is 2.71. The summed E-state index contributed by atoms with van der Waals surface area (Å²) in [6.45, 7) is 1.61. The topological polar surface area (TPSA) is 54.6 Å². The quantitative estimate of drug-likeness (QED) is 0.854. The normalized spacial score (nSPS) is 21.7. The van der Waals surface area contributed by atoms with Gasteiger partial charge in [0.15, 0.2) is 0 Å². The lowest BCUT2D eigenvalue weighted by molar-refractivity contribution is 0.100. The Labute approximate surface area is 131 Å². The first-order valence-electron chi connectivity index (χ1n) is 8.00. The van der Waals surface area contributed by atoms with Crippen LogP contribution in [0.4, 0.5) is 0 Å². The average Bonchev–Trinajstić information content (AvgIpc) is 2.96. The maximum atomic E-state index is 9.68. The zero-order valence-electron chi connectivity index (χ0n) is 12.7. The molecule has 4 heteroatoms. The molecule has 2 aromatic rings. The summed E-state index contributed by atoms with van der Waals surface area (Å²) in [6.07, 6.45) is 4.08. The van der Waals surface area contributed by atoms with Crippen LogP contribution in [0.2, 0.25) is 0 Å². The van der Waals surface area contributed by atoms with E-state index >= 15 is 0 Å². The summed E-state index contributed by atoms with van der Waals surface area (Å²) < 4.78 is 11.3. The molecule has 2 atom stereocenters. The van der Waals surface area contributed by atoms with Gasteiger partial charge in [-0.3, -0.25) is 0 Å². The number of hydrogen-bond donors (Lipinski definition) is 2. The van der Waals surface area contributed by atoms with Crippen molar-refractivity contribution >= 4 is 0 Å². The molecule has 0 aliphatic heterocycles. The van der Waals surface area contributed by atoms with Gasteiger partial charge >= 0.3 is 0 Å². The lowest BCUT2D eigenvalue weighted by Crippen LogP contribution is -2.28. The highest BCUT2D eigenvalue weighted by atomic mass is 16.6. The second kappa shape index (κ2) is 7.47. The fourth-order valence-electron chi connectivity index (χ4n) is 2.96. The van der Waals surface area contributed by atoms with E-state index in [1.807, 2.05) is 42.5 Å². The second-order valence-electron chi connectivity index (χ2n) is 5.95. The molecule has 1 aliphatic carbocycles. The minimum Gasteiger partial charge on any atom is -0.429 e. The lowest BCUT2D eigenvalue weighted by atomic mass is 9.87. The van der Waals surface area contributed by atoms with Gasteiger partial charge in [0.1, 0.15) is 11.5 Å². The first-order chi connectivity index (χ1) is 10.8. The molecule has 2 N–H and O–H groups in total. The summed E-state index contributed by atoms with van der Waals surface area (Å²) in [5.41, 5.74) is 0. The van der Waals surface area contributed by atoms with E-state index in [-0.39, 0.29) is 6.10 Å². The van der Waals surface area contributed by atoms with Crippen LogP contribution in [0.5, 0.6) is 11.7 Å². The molecule has 4 nitrogen and oxygen atoms in total. The molecule has 1 aromatic carbocycles. The summed E-state index contributed by atoms with van der Waals surface area (Å²) in [6, 6.07) is 13.4. The molecule has 1 saturated carbocycles. The zero-order valence-corrected chi connectivity index (χ0v) is 12.7. The van der Waals surface area contributed by atoms with Crippen LogP contribution in [0.15, 0.2) is 46.9 Å². The van der Waals surface area contributed by atoms with E-state index in [0.29, 0.717) is 18.4 Å². The number of aliphatic hydroxyl groups excluding tert-OH is 1. The monoisotopic (exact) mass is 301 g/mol. The Bertz CT molecular complexity index is 567. The van der Waals surface area contributed by atoms with Gasteiger partial charge in [-0.15, -0.1) is 0 Å². The third-order valence-corrected chi connectivity index (χ3v) is 4.09. The van der Waals surface area contributed by atoms with Gasteiger partial charge in [0.2, 0.25) is 0 Å². The van der Waals surface area contributed by atoms with Crippen LogP contribution in [0.25, 0.3) is 0 Å². The van der Waals surface area contributed by atoms with E-state index in [4.69, 9.17) is 9.15 Å². The molecule has 1 fully saturated rings. The molecule has 3 rings (SSSR count). The fourth-order valence-corrected chi connectivity index (χ4v) is 2.96. The molecule has 1 aliphatic rings. The summed E-state index contributed by atoms with van der Waals surface area (Å²) in [5, 5.41) is 13.1. The van der Waals surface area contributed by atoms with E-state index in [0.717, 1.165) is 37.3 Å². The van der Waals surface area contributed by atoms with Crippen LogP contribution in [-0.2, 0) is 6.54 Å². The zero-order chi connectivity index (χ0) is 15.2. The number of aliphatic hydroxyl groups is 1. The molecule has 1 aromatic heterocycles. The lowest BCUT2D eigenvalue weighted by Gasteiger charge is -2.25. The van der Waals surface area contributed by atoms with Crippen molar-refractivity contribution in [2.24, 2.45) is 5.92 Å². The van der Waals surface area contributed by atoms with E-state index in [2.05, 4.69) is 5.32 Å². The number of para-hydroxylation sites is 1. The second-order valence-corrected chi connectivity index (χ2v) is 5.95. The first-order valence-corrected chi connectivity index (χ1v) is 8.00. The molecule has 0 radical (unpaired) electrons. The standard InChI is InChI=1S/C18H23NO3/c20-15-6-4-5-14(11-15)12-19-13-17-9-10-18(22-17)21-16-7-2-1-3-8-16/h1-3,7-10,14-15,19-20H,4-6,11-13H2. The third kappa shape index (κ3) is 4.36. The Kier molecular flexibility index (Phi) is 5.14. The van der Waals surface area contributed by atoms with Crippen LogP contribution in [-0.4, -0.2) is 17.8 Å². The molecular weight excluding hydrogens is 278 g/mol. The Morgan fingerprint density at radius 2 is 2.00 bits per heavy atom. The minimum atomic E-state index is -0.116. The van der Waals surface area contributed by atoms with Crippen molar-refractivity contribution in [3.63, 3.8) is 0 Å². The van der Waals surface area contributed by atoms with Crippen molar-refractivity contribution in [1.82, 2.24) is 5.32 Å². The van der Waals surface area contributed by atoms with Gasteiger partial charge in [-0.1, -0.05) is 24.6 Å². The van der Waals surface area contributed by atoms with Crippen molar-refractivity contribution in [1.29, 1.82) is 0 Å². The van der Waals surface area contributed by atoms with E-state index in [1.165, 1.54) is 6.42 Å². The van der Waals surface area contributed by atoms with Gasteiger partial charge < -0.3 is 19.6 Å². The molecular formula is C18H23NO3. The summed E-state index contributed by atoms with van der Waals surface area (Å²) in [4.78, 5) is 0. The van der Waals surface area contributed by atoms with Crippen molar-refractivity contribution in [3.05, 3.63) is 48.2 Å². The molecule has 0 spiro atoms. The van der Waals surface area contributed by atoms with Crippen molar-refractivity contribution in [2.75, 3.05) is 6.54 Å². The van der Waals surface area contributed by atoms with Crippen LogP contribution in [0.1, 0.15) is 31.4 Å². The maximum absolute atomic E-state index is 9.68. The van der Waals surface area contributed by atoms with E-state index in [9.17, 15) is 5.11 Å². The third-order valence-electron chi connectivity index (χ3n) is 4.09. The highest BCUT2D eigenvalue weighted by molar-refractivity contribution is 5.26. The Morgan fingerprint density at radius 1 is 1.14 bits per heavy atom. The molecule has 0 amide bonds. The highest BCUT2D eigenvalue weighted by Crippen LogP contribution is 2.25. The molecule has 22 heavy (non-hydrogen) atoms. The van der Waals surface area contributed by atoms with Crippen molar-refractivity contribution in [2.45, 2.75) is 38.3 Å². The number of furan rings is 1. The van der Waals surface area contributed by atoms with E-state index in [1.54, 1.807) is 0 Å². The van der Waals surface area contributed by atoms with Crippen LogP contribution in [0.3, 0.4) is 0 Å². The highest BCUT2D eigenvalue weighted by Gasteiger charge is 2.19. The summed E-state index contributed by atoms with van der Waals surface area (Å²) >= 11 is 0. The van der Waals surface area contributed by atoms with Gasteiger partial charge in [-0.2, -0.15) is 0 Å². The number of nitrogens with one attached hydrogen (secondary N) is 1. The maximum Gasteiger partial charge on any atom is 0.290 e. The average molecular weight is 301 g/mol. The molecule has 118 valence electrons. The van der Waals surface area contributed by atoms with Crippen LogP contribution >= 0.6 is 0 Å². The largest absolute Gasteiger partial charge is 0.429 e. The van der Waals surface area contributed by atoms with E-state index < -0.39 is 0 Å². The summed E-state index contributed by atoms with van der Waals surface area (Å²) in [7, 11) is 0. The minimum absolute atomic E-state index is 0.116. The Hall–Kier alpha value is -1.78. The number of benzene rings is 1. The van der Waals surface area contributed by atoms with Gasteiger partial charge in [0.25, 0.3) is 5.95 Å². The number of ether oxygens (including phenoxy) is 1. The molecule has 0 saturated heterocycles. The predicted octanol–water partition coefficient (Wildman–Crippen LogP) is 3.71. The van der Waals surface area contributed by atoms with Gasteiger partial charge in [0.05, 0.1) is 12.6 Å². The smallest absolute Gasteiger partial charge is 0.290 e. The number of hydrogen-bond acceptors (Lipinski definition) is 4. The van der Waals surface area contributed by atoms with Crippen molar-refractivity contribution < 1.29 is 14.3 Å². The fraction of sp³-hybridized carbons (Fsp3) is 0.444. The first kappa shape index (κ1) is 15.1. The Balaban J connectivity index is 1.44. The SMILES string of the molecule is OC1CCCC(CNCc2ccc(Oc3ccccc3)o2)C1. The van der Waals surface area contributed by atoms with Gasteiger partial charge in [0, 0.05) is 6.07 Å². The van der Waals surface area contributed by atoms with Crippen LogP contribution < -0.4 is 10.1 Å². The Morgan fingerprint density at radius 3 is 2.82 bits per heavy atom. The van der Waals surface area contributed by atoms with Crippen LogP contribution in [0, 0.1) is 5.92 Å². The number of rotatable bonds is 6. The molecule has 0 bridgehead atoms. The van der Waals surface area contributed by atoms with Gasteiger partial charge in [-0.25, -0.2) is 0 Å². The van der Waals surface area contributed by atoms with Gasteiger partial charge in [-0.05, 0) is 49.9 Å². The predicted molar refractivity (Wildman–Crippen MR) is 84.9 cm³/mol.